The minimum atomic E-state index is -4.59. The highest BCUT2D eigenvalue weighted by Crippen LogP contribution is 2.29. The van der Waals surface area contributed by atoms with E-state index in [1.54, 1.807) is 18.5 Å². The smallest absolute Gasteiger partial charge is 0.378 e. The molecule has 9 nitrogen and oxygen atoms in total. The van der Waals surface area contributed by atoms with Gasteiger partial charge in [-0.3, -0.25) is 14.8 Å². The van der Waals surface area contributed by atoms with E-state index in [-0.39, 0.29) is 12.1 Å². The van der Waals surface area contributed by atoms with Gasteiger partial charge >= 0.3 is 6.18 Å². The third-order valence-corrected chi connectivity index (χ3v) is 6.70. The van der Waals surface area contributed by atoms with E-state index in [1.807, 2.05) is 36.5 Å². The molecule has 6 rings (SSSR count). The molecule has 1 amide bonds. The highest BCUT2D eigenvalue weighted by molar-refractivity contribution is 5.92. The van der Waals surface area contributed by atoms with Crippen LogP contribution in [0.1, 0.15) is 11.4 Å². The van der Waals surface area contributed by atoms with E-state index in [0.29, 0.717) is 18.9 Å². The Morgan fingerprint density at radius 3 is 2.41 bits per heavy atom. The van der Waals surface area contributed by atoms with Gasteiger partial charge in [0.25, 0.3) is 0 Å². The quantitative estimate of drug-likeness (QED) is 0.297. The van der Waals surface area contributed by atoms with Crippen molar-refractivity contribution >= 4 is 28.4 Å². The molecule has 0 atom stereocenters. The number of amides is 1. The minimum absolute atomic E-state index is 0.0167. The Morgan fingerprint density at radius 1 is 0.902 bits per heavy atom. The number of nitrogens with zero attached hydrogens (tertiary/aromatic N) is 5. The van der Waals surface area contributed by atoms with Crippen LogP contribution in [-0.2, 0) is 22.1 Å². The van der Waals surface area contributed by atoms with Crippen molar-refractivity contribution in [2.45, 2.75) is 12.6 Å². The van der Waals surface area contributed by atoms with Crippen LogP contribution in [0.5, 0.6) is 0 Å². The first kappa shape index (κ1) is 26.4. The zero-order valence-electron chi connectivity index (χ0n) is 21.7. The predicted octanol–water partition coefficient (Wildman–Crippen LogP) is 5.12. The van der Waals surface area contributed by atoms with Gasteiger partial charge in [-0.2, -0.15) is 13.2 Å². The Morgan fingerprint density at radius 2 is 1.68 bits per heavy atom. The molecule has 0 bridgehead atoms. The third-order valence-electron chi connectivity index (χ3n) is 6.70. The van der Waals surface area contributed by atoms with E-state index in [0.717, 1.165) is 64.6 Å². The number of H-pyrrole nitrogens is 1. The first-order valence-corrected chi connectivity index (χ1v) is 12.9. The summed E-state index contributed by atoms with van der Waals surface area (Å²) >= 11 is 0. The Balaban J connectivity index is 1.12. The van der Waals surface area contributed by atoms with Crippen LogP contribution in [0.15, 0.2) is 73.3 Å². The van der Waals surface area contributed by atoms with Gasteiger partial charge in [-0.1, -0.05) is 6.07 Å². The summed E-state index contributed by atoms with van der Waals surface area (Å²) in [5.74, 6) is 0.440. The van der Waals surface area contributed by atoms with E-state index < -0.39 is 17.8 Å². The van der Waals surface area contributed by atoms with Gasteiger partial charge in [0.1, 0.15) is 17.2 Å². The molecule has 208 valence electrons. The first-order chi connectivity index (χ1) is 19.8. The molecule has 6 heterocycles. The molecule has 0 saturated carbocycles. The molecule has 1 fully saturated rings. The van der Waals surface area contributed by atoms with Crippen LogP contribution < -0.4 is 10.2 Å². The summed E-state index contributed by atoms with van der Waals surface area (Å²) in [6.45, 7) is 3.06. The second-order valence-electron chi connectivity index (χ2n) is 9.54. The van der Waals surface area contributed by atoms with Crippen LogP contribution in [0.2, 0.25) is 0 Å². The topological polar surface area (TPSA) is 109 Å². The number of carbonyl (C=O) groups excluding carboxylic acids is 1. The van der Waals surface area contributed by atoms with Crippen LogP contribution >= 0.6 is 0 Å². The summed E-state index contributed by atoms with van der Waals surface area (Å²) in [7, 11) is 0. The summed E-state index contributed by atoms with van der Waals surface area (Å²) in [5, 5.41) is 3.39. The summed E-state index contributed by atoms with van der Waals surface area (Å²) in [6, 6.07) is 13.7. The van der Waals surface area contributed by atoms with Crippen molar-refractivity contribution in [2.24, 2.45) is 0 Å². The zero-order chi connectivity index (χ0) is 28.4. The number of anilines is 2. The molecule has 2 N–H and O–H groups in total. The van der Waals surface area contributed by atoms with Crippen LogP contribution in [-0.4, -0.2) is 57.1 Å². The van der Waals surface area contributed by atoms with Gasteiger partial charge in [-0.25, -0.2) is 9.97 Å². The number of nitrogens with one attached hydrogen (secondary N) is 2. The SMILES string of the molecule is O=C(Cc1ccc(-c2cnc3[nH]c(-c4ccc(N5CCOCC5)nc4)cc3c2)cn1)Nc1ccnc(C(F)(F)F)c1. The van der Waals surface area contributed by atoms with E-state index in [2.05, 4.69) is 35.1 Å². The summed E-state index contributed by atoms with van der Waals surface area (Å²) in [5.41, 5.74) is 3.68. The average molecular weight is 560 g/mol. The number of rotatable bonds is 6. The molecule has 0 radical (unpaired) electrons. The lowest BCUT2D eigenvalue weighted by Gasteiger charge is -2.27. The van der Waals surface area contributed by atoms with Crippen LogP contribution in [0.3, 0.4) is 0 Å². The number of alkyl halides is 3. The lowest BCUT2D eigenvalue weighted by atomic mass is 10.1. The fourth-order valence-electron chi connectivity index (χ4n) is 4.59. The van der Waals surface area contributed by atoms with Crippen molar-refractivity contribution in [3.8, 4) is 22.4 Å². The number of morpholine rings is 1. The summed E-state index contributed by atoms with van der Waals surface area (Å²) in [6.07, 6.45) is 1.54. The fourth-order valence-corrected chi connectivity index (χ4v) is 4.59. The maximum atomic E-state index is 12.9. The van der Waals surface area contributed by atoms with Gasteiger partial charge in [0.2, 0.25) is 5.91 Å². The standard InChI is InChI=1S/C29H24F3N7O2/c30-29(31,32)25-13-23(5-6-33-25)37-27(40)14-22-3-1-18(15-34-22)21-11-20-12-24(38-28(20)36-17-21)19-2-4-26(35-16-19)39-7-9-41-10-8-39/h1-6,11-13,15-17H,7-10,14H2,(H,36,38)(H,33,37,40). The number of aromatic nitrogens is 5. The zero-order valence-corrected chi connectivity index (χ0v) is 21.7. The van der Waals surface area contributed by atoms with Crippen LogP contribution in [0.25, 0.3) is 33.4 Å². The predicted molar refractivity (Wildman–Crippen MR) is 147 cm³/mol. The van der Waals surface area contributed by atoms with Crippen molar-refractivity contribution in [1.29, 1.82) is 0 Å². The van der Waals surface area contributed by atoms with Crippen LogP contribution in [0, 0.1) is 0 Å². The highest BCUT2D eigenvalue weighted by atomic mass is 19.4. The lowest BCUT2D eigenvalue weighted by molar-refractivity contribution is -0.141. The van der Waals surface area contributed by atoms with Gasteiger partial charge in [0, 0.05) is 77.0 Å². The van der Waals surface area contributed by atoms with Crippen molar-refractivity contribution in [1.82, 2.24) is 24.9 Å². The van der Waals surface area contributed by atoms with Crippen molar-refractivity contribution in [2.75, 3.05) is 36.5 Å². The first-order valence-electron chi connectivity index (χ1n) is 12.9. The van der Waals surface area contributed by atoms with E-state index in [9.17, 15) is 18.0 Å². The molecule has 5 aromatic rings. The van der Waals surface area contributed by atoms with Crippen LogP contribution in [0.4, 0.5) is 24.7 Å². The maximum absolute atomic E-state index is 12.9. The van der Waals surface area contributed by atoms with Gasteiger partial charge in [-0.05, 0) is 42.5 Å². The van der Waals surface area contributed by atoms with Gasteiger partial charge in [0.15, 0.2) is 0 Å². The molecule has 41 heavy (non-hydrogen) atoms. The molecule has 0 spiro atoms. The number of hydrogen-bond acceptors (Lipinski definition) is 7. The molecule has 0 unspecified atom stereocenters. The van der Waals surface area contributed by atoms with Crippen molar-refractivity contribution in [3.05, 3.63) is 84.7 Å². The lowest BCUT2D eigenvalue weighted by Crippen LogP contribution is -2.36. The monoisotopic (exact) mass is 559 g/mol. The minimum Gasteiger partial charge on any atom is -0.378 e. The van der Waals surface area contributed by atoms with Gasteiger partial charge < -0.3 is 19.9 Å². The number of carbonyl (C=O) groups is 1. The second kappa shape index (κ2) is 11.0. The summed E-state index contributed by atoms with van der Waals surface area (Å²) in [4.78, 5) is 34.8. The Bertz CT molecular complexity index is 1680. The number of pyridine rings is 4. The van der Waals surface area contributed by atoms with E-state index in [1.165, 1.54) is 6.07 Å². The average Bonchev–Trinajstić information content (AvgIpc) is 3.41. The van der Waals surface area contributed by atoms with Gasteiger partial charge in [0.05, 0.1) is 19.6 Å². The Hall–Kier alpha value is -4.84. The molecule has 1 aliphatic heterocycles. The van der Waals surface area contributed by atoms with E-state index >= 15 is 0 Å². The number of fused-ring (bicyclic) bond motifs is 1. The summed E-state index contributed by atoms with van der Waals surface area (Å²) < 4.78 is 44.0. The molecule has 1 aliphatic rings. The Kier molecular flexibility index (Phi) is 7.06. The van der Waals surface area contributed by atoms with Gasteiger partial charge in [-0.15, -0.1) is 0 Å². The Labute approximate surface area is 232 Å². The second-order valence-corrected chi connectivity index (χ2v) is 9.54. The molecule has 0 aliphatic carbocycles. The normalized spacial score (nSPS) is 13.9. The third kappa shape index (κ3) is 6.02. The molecular weight excluding hydrogens is 535 g/mol. The molecule has 1 saturated heterocycles. The number of hydrogen-bond donors (Lipinski definition) is 2. The van der Waals surface area contributed by atoms with Crippen molar-refractivity contribution in [3.63, 3.8) is 0 Å². The molecule has 12 heteroatoms. The number of ether oxygens (including phenoxy) is 1. The number of aromatic amines is 1. The molecule has 5 aromatic heterocycles. The van der Waals surface area contributed by atoms with Crippen molar-refractivity contribution < 1.29 is 22.7 Å². The van der Waals surface area contributed by atoms with E-state index in [4.69, 9.17) is 4.74 Å². The number of halogens is 3. The maximum Gasteiger partial charge on any atom is 0.433 e. The highest BCUT2D eigenvalue weighted by Gasteiger charge is 2.32. The molecule has 0 aromatic carbocycles. The molecular formula is C29H24F3N7O2. The largest absolute Gasteiger partial charge is 0.433 e. The fraction of sp³-hybridized carbons (Fsp3) is 0.207.